The van der Waals surface area contributed by atoms with Crippen LogP contribution < -0.4 is 39.5 Å². The number of hydrogen-bond donors (Lipinski definition) is 4. The maximum absolute atomic E-state index is 13.9. The van der Waals surface area contributed by atoms with E-state index in [2.05, 4.69) is 5.32 Å². The number of aliphatic hydroxyl groups excluding tert-OH is 2. The molecule has 6 aromatic carbocycles. The first kappa shape index (κ1) is 65.6. The van der Waals surface area contributed by atoms with E-state index in [9.17, 15) is 31.8 Å². The Hall–Kier alpha value is -6.99. The molecular weight excluding hydrogens is 1130 g/mol. The van der Waals surface area contributed by atoms with Crippen LogP contribution in [-0.2, 0) is 60.5 Å². The van der Waals surface area contributed by atoms with E-state index in [1.165, 1.54) is 30.3 Å². The molecule has 0 bridgehead atoms. The first-order valence-electron chi connectivity index (χ1n) is 28.5. The summed E-state index contributed by atoms with van der Waals surface area (Å²) in [6.45, 7) is 12.9. The minimum Gasteiger partial charge on any atom is -0.489 e. The number of fused-ring (bicyclic) bond motifs is 2. The van der Waals surface area contributed by atoms with Crippen molar-refractivity contribution in [2.75, 3.05) is 26.7 Å². The largest absolute Gasteiger partial charge is 0.489 e. The number of nitrogens with one attached hydrogen (secondary N) is 1. The number of amides is 1. The summed E-state index contributed by atoms with van der Waals surface area (Å²) in [6.07, 6.45) is -1.31. The first-order chi connectivity index (χ1) is 40.7. The molecule has 6 aromatic rings. The Labute approximate surface area is 499 Å². The second-order valence-corrected chi connectivity index (χ2v) is 25.1. The van der Waals surface area contributed by atoms with Gasteiger partial charge in [0.15, 0.2) is 23.0 Å². The van der Waals surface area contributed by atoms with Gasteiger partial charge in [-0.05, 0) is 130 Å². The highest BCUT2D eigenvalue weighted by Gasteiger charge is 2.36. The molecule has 5 N–H and O–H groups in total. The van der Waals surface area contributed by atoms with E-state index in [1.807, 2.05) is 137 Å². The van der Waals surface area contributed by atoms with Crippen LogP contribution in [0.15, 0.2) is 155 Å². The second kappa shape index (κ2) is 30.9. The fraction of sp³-hybridized carbons (Fsp3) is 0.413. The van der Waals surface area contributed by atoms with Crippen molar-refractivity contribution in [3.05, 3.63) is 168 Å². The average Bonchev–Trinajstić information content (AvgIpc) is 4.37. The number of carbonyl (C=O) groups is 1. The van der Waals surface area contributed by atoms with Gasteiger partial charge < -0.3 is 54.4 Å². The Morgan fingerprint density at radius 1 is 0.553 bits per heavy atom. The fourth-order valence-corrected chi connectivity index (χ4v) is 11.4. The van der Waals surface area contributed by atoms with E-state index in [0.717, 1.165) is 36.9 Å². The Kier molecular flexibility index (Phi) is 23.8. The molecular formula is C63H80N4O16S2. The van der Waals surface area contributed by atoms with Crippen LogP contribution in [0, 0.1) is 0 Å². The first-order valence-corrected chi connectivity index (χ1v) is 31.4. The predicted octanol–water partition coefficient (Wildman–Crippen LogP) is 9.64. The lowest BCUT2D eigenvalue weighted by molar-refractivity contribution is -0.149. The minimum atomic E-state index is -4.28. The van der Waals surface area contributed by atoms with Gasteiger partial charge >= 0.3 is 6.09 Å². The second-order valence-electron chi connectivity index (χ2n) is 21.4. The quantitative estimate of drug-likeness (QED) is 0.0319. The Balaban J connectivity index is 0.000000247. The number of ether oxygens (including phenoxy) is 7. The zero-order valence-electron chi connectivity index (χ0n) is 49.2. The van der Waals surface area contributed by atoms with Gasteiger partial charge in [0, 0.05) is 18.2 Å². The number of hydrogen-bond acceptors (Lipinski definition) is 17. The summed E-state index contributed by atoms with van der Waals surface area (Å²) in [5.74, 6) is 2.92. The number of carbonyl (C=O) groups excluding carboxylic acids is 1. The van der Waals surface area contributed by atoms with Gasteiger partial charge in [0.2, 0.25) is 13.6 Å². The van der Waals surface area contributed by atoms with Crippen LogP contribution in [0.1, 0.15) is 96.4 Å². The van der Waals surface area contributed by atoms with Gasteiger partial charge in [-0.2, -0.15) is 0 Å². The molecule has 0 unspecified atom stereocenters. The maximum atomic E-state index is 13.9. The molecule has 4 atom stereocenters. The van der Waals surface area contributed by atoms with Gasteiger partial charge in [0.25, 0.3) is 20.0 Å². The number of rotatable bonds is 29. The Morgan fingerprint density at radius 3 is 1.36 bits per heavy atom. The fourth-order valence-electron chi connectivity index (χ4n) is 8.81. The van der Waals surface area contributed by atoms with E-state index >= 15 is 0 Å². The molecule has 0 radical (unpaired) electrons. The van der Waals surface area contributed by atoms with Crippen molar-refractivity contribution in [3.63, 3.8) is 0 Å². The van der Waals surface area contributed by atoms with Crippen LogP contribution in [0.2, 0.25) is 0 Å². The molecule has 0 aliphatic carbocycles. The third kappa shape index (κ3) is 19.3. The number of nitrogens with two attached hydrogens (primary N) is 1. The zero-order valence-corrected chi connectivity index (χ0v) is 50.8. The number of hydroxylamine groups is 2. The maximum Gasteiger partial charge on any atom is 0.407 e. The molecule has 1 amide bonds. The van der Waals surface area contributed by atoms with E-state index < -0.39 is 68.7 Å². The van der Waals surface area contributed by atoms with Gasteiger partial charge in [0.1, 0.15) is 30.3 Å². The normalized spacial score (nSPS) is 14.4. The zero-order chi connectivity index (χ0) is 61.2. The summed E-state index contributed by atoms with van der Waals surface area (Å²) in [4.78, 5) is 24.6. The smallest absolute Gasteiger partial charge is 0.407 e. The lowest BCUT2D eigenvalue weighted by atomic mass is 10.0. The molecule has 0 fully saturated rings. The van der Waals surface area contributed by atoms with E-state index in [1.54, 1.807) is 26.8 Å². The number of alkyl carbamates (subject to hydrolysis) is 1. The third-order valence-electron chi connectivity index (χ3n) is 13.8. The number of nitrogens with zero attached hydrogens (tertiary/aromatic N) is 2. The van der Waals surface area contributed by atoms with Crippen molar-refractivity contribution >= 4 is 26.1 Å². The topological polar surface area (TPSA) is 253 Å². The van der Waals surface area contributed by atoms with Crippen molar-refractivity contribution in [2.24, 2.45) is 5.73 Å². The summed E-state index contributed by atoms with van der Waals surface area (Å²) in [5, 5.41) is 25.2. The van der Waals surface area contributed by atoms with Gasteiger partial charge in [-0.15, -0.1) is 0 Å². The van der Waals surface area contributed by atoms with Gasteiger partial charge in [-0.25, -0.2) is 21.6 Å². The van der Waals surface area contributed by atoms with Crippen molar-refractivity contribution in [3.8, 4) is 34.5 Å². The molecule has 0 aromatic heterocycles. The molecule has 22 heteroatoms. The third-order valence-corrected chi connectivity index (χ3v) is 17.0. The van der Waals surface area contributed by atoms with Crippen molar-refractivity contribution in [1.82, 2.24) is 14.3 Å². The van der Waals surface area contributed by atoms with E-state index in [0.29, 0.717) is 74.1 Å². The molecule has 2 aliphatic heterocycles. The number of aliphatic hydroxyl groups is 2. The average molecular weight is 1210 g/mol. The molecule has 2 aliphatic rings. The van der Waals surface area contributed by atoms with Crippen molar-refractivity contribution in [2.45, 2.75) is 152 Å². The van der Waals surface area contributed by atoms with Crippen molar-refractivity contribution < 1.29 is 74.7 Å². The molecule has 0 saturated carbocycles. The number of sulfonamides is 2. The molecule has 20 nitrogen and oxygen atoms in total. The van der Waals surface area contributed by atoms with Crippen LogP contribution in [0.4, 0.5) is 4.79 Å². The Bertz CT molecular complexity index is 3260. The summed E-state index contributed by atoms with van der Waals surface area (Å²) in [6, 6.07) is 41.4. The van der Waals surface area contributed by atoms with Crippen LogP contribution >= 0.6 is 0 Å². The summed E-state index contributed by atoms with van der Waals surface area (Å²) in [5.41, 5.74) is 9.31. The van der Waals surface area contributed by atoms with Gasteiger partial charge in [-0.3, -0.25) is 9.68 Å². The van der Waals surface area contributed by atoms with Crippen LogP contribution in [0.3, 0.4) is 0 Å². The van der Waals surface area contributed by atoms with Crippen LogP contribution in [-0.4, -0.2) is 111 Å². The van der Waals surface area contributed by atoms with E-state index in [4.69, 9.17) is 48.6 Å². The van der Waals surface area contributed by atoms with Gasteiger partial charge in [-0.1, -0.05) is 122 Å². The highest BCUT2D eigenvalue weighted by Crippen LogP contribution is 2.37. The Morgan fingerprint density at radius 2 is 0.953 bits per heavy atom. The molecule has 8 rings (SSSR count). The summed E-state index contributed by atoms with van der Waals surface area (Å²) < 4.78 is 95.1. The monoisotopic (exact) mass is 1210 g/mol. The minimum absolute atomic E-state index is 0.0103. The predicted molar refractivity (Wildman–Crippen MR) is 319 cm³/mol. The van der Waals surface area contributed by atoms with Gasteiger partial charge in [0.05, 0.1) is 53.3 Å². The standard InChI is InChI=1S/C34H44N2O9S.C29H36N2O7S/c1-6-26(7-2)45-36(46(39,40)28-17-18-31-32(20-28)43-23-42-31)21-30(37)29(35-33(38)44-34(3,4)5)19-24-13-15-27(16-14-24)41-22-25-11-9-8-10-12-25;1-3-23(4-2)38-31(39(33,34)25-14-15-28-29(17-25)37-20-36-28)18-27(32)26(30)16-21-10-12-24(13-11-21)35-19-22-8-6-5-7-9-22/h8-18,20,26,29-30,37H,6-7,19,21-23H2,1-5H3,(H,35,38);5-15,17,23,26-27,32H,3-4,16,18-20,30H2,1-2H3/t29-,30+;26-,27+/m00/s1. The lowest BCUT2D eigenvalue weighted by Gasteiger charge is -2.31. The summed E-state index contributed by atoms with van der Waals surface area (Å²) >= 11 is 0. The highest BCUT2D eigenvalue weighted by atomic mass is 32.2. The van der Waals surface area contributed by atoms with Crippen LogP contribution in [0.25, 0.3) is 0 Å². The molecule has 2 heterocycles. The molecule has 0 saturated heterocycles. The SMILES string of the molecule is CCC(CC)ON(C[C@@H](O)[C@@H](N)Cc1ccc(OCc2ccccc2)cc1)S(=O)(=O)c1ccc2c(c1)OCO2.CCC(CC)ON(C[C@@H](O)[C@H](Cc1ccc(OCc2ccccc2)cc1)NC(=O)OC(C)(C)C)S(=O)(=O)c1ccc2c(c1)OCO2. The molecule has 85 heavy (non-hydrogen) atoms. The van der Waals surface area contributed by atoms with E-state index in [-0.39, 0.29) is 42.4 Å². The molecule has 460 valence electrons. The lowest BCUT2D eigenvalue weighted by Crippen LogP contribution is -2.51. The summed E-state index contributed by atoms with van der Waals surface area (Å²) in [7, 11) is -8.41. The van der Waals surface area contributed by atoms with Crippen LogP contribution in [0.5, 0.6) is 34.5 Å². The number of benzene rings is 6. The van der Waals surface area contributed by atoms with Crippen molar-refractivity contribution in [1.29, 1.82) is 0 Å². The molecule has 0 spiro atoms. The highest BCUT2D eigenvalue weighted by molar-refractivity contribution is 7.89.